The van der Waals surface area contributed by atoms with Crippen molar-refractivity contribution in [3.63, 3.8) is 0 Å². The zero-order valence-corrected chi connectivity index (χ0v) is 10.4. The third-order valence-corrected chi connectivity index (χ3v) is 3.30. The largest absolute Gasteiger partial charge is 0.377 e. The lowest BCUT2D eigenvalue weighted by molar-refractivity contribution is 0.0775. The lowest BCUT2D eigenvalue weighted by atomic mass is 10.1. The Balaban J connectivity index is 1.99. The number of aromatic nitrogens is 2. The van der Waals surface area contributed by atoms with Gasteiger partial charge >= 0.3 is 0 Å². The van der Waals surface area contributed by atoms with Gasteiger partial charge in [0.05, 0.1) is 12.1 Å². The van der Waals surface area contributed by atoms with Gasteiger partial charge in [0.1, 0.15) is 5.82 Å². The van der Waals surface area contributed by atoms with E-state index in [1.54, 1.807) is 0 Å². The molecule has 3 N–H and O–H groups in total. The summed E-state index contributed by atoms with van der Waals surface area (Å²) >= 11 is 0. The van der Waals surface area contributed by atoms with Crippen molar-refractivity contribution in [2.45, 2.75) is 51.3 Å². The second-order valence-electron chi connectivity index (χ2n) is 4.57. The van der Waals surface area contributed by atoms with Crippen LogP contribution >= 0.6 is 0 Å². The van der Waals surface area contributed by atoms with Crippen LogP contribution in [0.2, 0.25) is 0 Å². The van der Waals surface area contributed by atoms with Crippen molar-refractivity contribution in [1.82, 2.24) is 15.0 Å². The number of nitrogens with two attached hydrogens (primary N) is 1. The van der Waals surface area contributed by atoms with Crippen LogP contribution in [0.4, 0.5) is 0 Å². The lowest BCUT2D eigenvalue weighted by Gasteiger charge is -2.22. The summed E-state index contributed by atoms with van der Waals surface area (Å²) in [5.74, 6) is 6.71. The van der Waals surface area contributed by atoms with E-state index in [1.807, 2.05) is 12.4 Å². The minimum atomic E-state index is 0.163. The number of aryl methyl sites for hydroxylation is 1. The molecule has 1 aliphatic heterocycles. The number of hydrogen-bond acceptors (Lipinski definition) is 4. The van der Waals surface area contributed by atoms with Crippen molar-refractivity contribution in [2.24, 2.45) is 5.84 Å². The van der Waals surface area contributed by atoms with Gasteiger partial charge in [-0.2, -0.15) is 0 Å². The zero-order valence-electron chi connectivity index (χ0n) is 10.4. The van der Waals surface area contributed by atoms with Gasteiger partial charge in [0.15, 0.2) is 0 Å². The molecule has 1 saturated heterocycles. The molecular formula is C12H22N4O. The standard InChI is InChI=1S/C12H22N4O/c1-2-6-16-7-5-14-12(16)9-10(15-13)11-4-3-8-17-11/h5,7,10-11,15H,2-4,6,8-9,13H2,1H3. The van der Waals surface area contributed by atoms with Gasteiger partial charge in [0.25, 0.3) is 0 Å². The van der Waals surface area contributed by atoms with Gasteiger partial charge < -0.3 is 9.30 Å². The normalized spacial score (nSPS) is 21.9. The predicted octanol–water partition coefficient (Wildman–Crippen LogP) is 0.846. The quantitative estimate of drug-likeness (QED) is 0.569. The number of rotatable bonds is 6. The number of hydrazine groups is 1. The van der Waals surface area contributed by atoms with Crippen LogP contribution in [0.3, 0.4) is 0 Å². The summed E-state index contributed by atoms with van der Waals surface area (Å²) in [5.41, 5.74) is 2.87. The van der Waals surface area contributed by atoms with Gasteiger partial charge in [0.2, 0.25) is 0 Å². The highest BCUT2D eigenvalue weighted by Crippen LogP contribution is 2.18. The fraction of sp³-hybridized carbons (Fsp3) is 0.750. The molecule has 0 aliphatic carbocycles. The number of imidazole rings is 1. The highest BCUT2D eigenvalue weighted by Gasteiger charge is 2.26. The van der Waals surface area contributed by atoms with E-state index in [4.69, 9.17) is 10.6 Å². The molecule has 1 fully saturated rings. The monoisotopic (exact) mass is 238 g/mol. The summed E-state index contributed by atoms with van der Waals surface area (Å²) in [5, 5.41) is 0. The first kappa shape index (κ1) is 12.5. The molecule has 1 aromatic rings. The summed E-state index contributed by atoms with van der Waals surface area (Å²) in [6.45, 7) is 4.03. The molecule has 0 spiro atoms. The molecule has 96 valence electrons. The molecule has 2 heterocycles. The molecule has 0 amide bonds. The Morgan fingerprint density at radius 3 is 3.24 bits per heavy atom. The second kappa shape index (κ2) is 6.14. The molecule has 2 atom stereocenters. The Morgan fingerprint density at radius 1 is 1.71 bits per heavy atom. The Bertz CT molecular complexity index is 333. The summed E-state index contributed by atoms with van der Waals surface area (Å²) in [7, 11) is 0. The van der Waals surface area contributed by atoms with Crippen LogP contribution in [0.15, 0.2) is 12.4 Å². The van der Waals surface area contributed by atoms with Crippen LogP contribution in [-0.2, 0) is 17.7 Å². The Kier molecular flexibility index (Phi) is 4.53. The average molecular weight is 238 g/mol. The second-order valence-corrected chi connectivity index (χ2v) is 4.57. The first-order valence-corrected chi connectivity index (χ1v) is 6.43. The van der Waals surface area contributed by atoms with E-state index in [0.29, 0.717) is 0 Å². The van der Waals surface area contributed by atoms with Crippen LogP contribution in [-0.4, -0.2) is 28.3 Å². The first-order valence-electron chi connectivity index (χ1n) is 6.43. The molecule has 1 aromatic heterocycles. The van der Waals surface area contributed by atoms with E-state index < -0.39 is 0 Å². The molecular weight excluding hydrogens is 216 g/mol. The van der Waals surface area contributed by atoms with Crippen LogP contribution in [0.25, 0.3) is 0 Å². The molecule has 5 heteroatoms. The van der Waals surface area contributed by atoms with E-state index in [1.165, 1.54) is 0 Å². The topological polar surface area (TPSA) is 65.1 Å². The number of hydrogen-bond donors (Lipinski definition) is 2. The Hall–Kier alpha value is -0.910. The summed E-state index contributed by atoms with van der Waals surface area (Å²) < 4.78 is 7.87. The smallest absolute Gasteiger partial charge is 0.110 e. The van der Waals surface area contributed by atoms with E-state index in [0.717, 1.165) is 44.7 Å². The Morgan fingerprint density at radius 2 is 2.59 bits per heavy atom. The average Bonchev–Trinajstić information content (AvgIpc) is 2.97. The van der Waals surface area contributed by atoms with E-state index in [9.17, 15) is 0 Å². The van der Waals surface area contributed by atoms with E-state index in [-0.39, 0.29) is 12.1 Å². The van der Waals surface area contributed by atoms with Crippen molar-refractivity contribution < 1.29 is 4.74 Å². The van der Waals surface area contributed by atoms with Crippen LogP contribution < -0.4 is 11.3 Å². The molecule has 0 bridgehead atoms. The molecule has 5 nitrogen and oxygen atoms in total. The molecule has 0 aromatic carbocycles. The summed E-state index contributed by atoms with van der Waals surface area (Å²) in [4.78, 5) is 4.41. The zero-order chi connectivity index (χ0) is 12.1. The van der Waals surface area contributed by atoms with Gasteiger partial charge in [-0.25, -0.2) is 4.98 Å². The van der Waals surface area contributed by atoms with Crippen molar-refractivity contribution in [3.05, 3.63) is 18.2 Å². The predicted molar refractivity (Wildman–Crippen MR) is 66.3 cm³/mol. The van der Waals surface area contributed by atoms with Gasteiger partial charge in [-0.1, -0.05) is 6.92 Å². The maximum atomic E-state index is 5.68. The van der Waals surface area contributed by atoms with Gasteiger partial charge in [-0.15, -0.1) is 0 Å². The molecule has 17 heavy (non-hydrogen) atoms. The molecule has 0 radical (unpaired) electrons. The summed E-state index contributed by atoms with van der Waals surface area (Å²) in [6, 6.07) is 0.163. The molecule has 2 unspecified atom stereocenters. The fourth-order valence-electron chi connectivity index (χ4n) is 2.39. The maximum Gasteiger partial charge on any atom is 0.110 e. The van der Waals surface area contributed by atoms with E-state index in [2.05, 4.69) is 21.9 Å². The van der Waals surface area contributed by atoms with Crippen LogP contribution in [0.1, 0.15) is 32.0 Å². The van der Waals surface area contributed by atoms with Crippen molar-refractivity contribution in [2.75, 3.05) is 6.61 Å². The van der Waals surface area contributed by atoms with Gasteiger partial charge in [-0.05, 0) is 19.3 Å². The maximum absolute atomic E-state index is 5.68. The van der Waals surface area contributed by atoms with Crippen LogP contribution in [0, 0.1) is 0 Å². The fourth-order valence-corrected chi connectivity index (χ4v) is 2.39. The van der Waals surface area contributed by atoms with Gasteiger partial charge in [0, 0.05) is 32.0 Å². The molecule has 1 aliphatic rings. The third kappa shape index (κ3) is 3.06. The van der Waals surface area contributed by atoms with E-state index >= 15 is 0 Å². The number of nitrogens with one attached hydrogen (secondary N) is 1. The van der Waals surface area contributed by atoms with Crippen molar-refractivity contribution in [3.8, 4) is 0 Å². The lowest BCUT2D eigenvalue weighted by Crippen LogP contribution is -2.45. The van der Waals surface area contributed by atoms with Gasteiger partial charge in [-0.3, -0.25) is 11.3 Å². The Labute approximate surface area is 102 Å². The highest BCUT2D eigenvalue weighted by atomic mass is 16.5. The van der Waals surface area contributed by atoms with Crippen molar-refractivity contribution >= 4 is 0 Å². The molecule has 0 saturated carbocycles. The molecule has 2 rings (SSSR count). The third-order valence-electron chi connectivity index (χ3n) is 3.30. The summed E-state index contributed by atoms with van der Waals surface area (Å²) in [6.07, 6.45) is 8.27. The minimum absolute atomic E-state index is 0.163. The minimum Gasteiger partial charge on any atom is -0.377 e. The highest BCUT2D eigenvalue weighted by molar-refractivity contribution is 4.97. The first-order chi connectivity index (χ1) is 8.35. The number of ether oxygens (including phenoxy) is 1. The SMILES string of the molecule is CCCn1ccnc1CC(NN)C1CCCO1. The van der Waals surface area contributed by atoms with Crippen molar-refractivity contribution in [1.29, 1.82) is 0 Å². The number of nitrogens with zero attached hydrogens (tertiary/aromatic N) is 2. The van der Waals surface area contributed by atoms with Crippen LogP contribution in [0.5, 0.6) is 0 Å².